The average molecular weight is 316 g/mol. The van der Waals surface area contributed by atoms with Gasteiger partial charge in [-0.25, -0.2) is 4.79 Å². The summed E-state index contributed by atoms with van der Waals surface area (Å²) in [4.78, 5) is 18.4. The third-order valence-corrected chi connectivity index (χ3v) is 4.06. The monoisotopic (exact) mass is 316 g/mol. The van der Waals surface area contributed by atoms with Gasteiger partial charge in [0.1, 0.15) is 5.60 Å². The summed E-state index contributed by atoms with van der Waals surface area (Å²) in [5, 5.41) is 0. The number of aromatic nitrogens is 1. The molecule has 2 unspecified atom stereocenters. The smallest absolute Gasteiger partial charge is 0.411 e. The van der Waals surface area contributed by atoms with Crippen LogP contribution in [-0.2, 0) is 15.9 Å². The Balaban J connectivity index is 1.75. The van der Waals surface area contributed by atoms with Gasteiger partial charge in [0, 0.05) is 12.4 Å². The lowest BCUT2D eigenvalue weighted by Crippen LogP contribution is -2.57. The fraction of sp³-hybridized carbons (Fsp3) is 0.556. The summed E-state index contributed by atoms with van der Waals surface area (Å²) in [7, 11) is 0. The first kappa shape index (κ1) is 16.0. The summed E-state index contributed by atoms with van der Waals surface area (Å²) in [5.41, 5.74) is 2.12. The van der Waals surface area contributed by atoms with Gasteiger partial charge in [0.2, 0.25) is 0 Å². The maximum Gasteiger partial charge on any atom is 0.411 e. The molecule has 1 aromatic heterocycles. The Hall–Kier alpha value is -1.88. The maximum absolute atomic E-state index is 12.5. The van der Waals surface area contributed by atoms with E-state index in [4.69, 9.17) is 9.47 Å². The molecular weight excluding hydrogens is 292 g/mol. The molecule has 1 aromatic rings. The van der Waals surface area contributed by atoms with Crippen molar-refractivity contribution in [3.8, 4) is 0 Å². The van der Waals surface area contributed by atoms with Crippen molar-refractivity contribution in [1.82, 2.24) is 9.88 Å². The summed E-state index contributed by atoms with van der Waals surface area (Å²) < 4.78 is 11.2. The van der Waals surface area contributed by atoms with Crippen molar-refractivity contribution >= 4 is 6.09 Å². The number of nitrogens with zero attached hydrogens (tertiary/aromatic N) is 2. The highest BCUT2D eigenvalue weighted by atomic mass is 16.6. The van der Waals surface area contributed by atoms with Gasteiger partial charge in [0.25, 0.3) is 0 Å². The third-order valence-electron chi connectivity index (χ3n) is 4.06. The summed E-state index contributed by atoms with van der Waals surface area (Å²) >= 11 is 0. The molecule has 2 atom stereocenters. The summed E-state index contributed by atoms with van der Waals surface area (Å²) in [5.74, 6) is 0. The number of ether oxygens (including phenoxy) is 2. The highest BCUT2D eigenvalue weighted by Gasteiger charge is 2.39. The van der Waals surface area contributed by atoms with Crippen LogP contribution in [0, 0.1) is 0 Å². The van der Waals surface area contributed by atoms with Crippen LogP contribution in [0.3, 0.4) is 0 Å². The Labute approximate surface area is 137 Å². The maximum atomic E-state index is 12.5. The van der Waals surface area contributed by atoms with Gasteiger partial charge < -0.3 is 9.47 Å². The Kier molecular flexibility index (Phi) is 4.39. The summed E-state index contributed by atoms with van der Waals surface area (Å²) in [6, 6.07) is 4.10. The Bertz CT molecular complexity index is 592. The molecule has 1 fully saturated rings. The van der Waals surface area contributed by atoms with E-state index in [1.54, 1.807) is 0 Å². The van der Waals surface area contributed by atoms with Crippen molar-refractivity contribution in [2.45, 2.75) is 51.3 Å². The van der Waals surface area contributed by atoms with Gasteiger partial charge in [-0.1, -0.05) is 11.6 Å². The van der Waals surface area contributed by atoms with Gasteiger partial charge in [-0.3, -0.25) is 9.88 Å². The van der Waals surface area contributed by atoms with Crippen LogP contribution in [0.25, 0.3) is 0 Å². The van der Waals surface area contributed by atoms with Crippen LogP contribution in [0.4, 0.5) is 4.79 Å². The number of pyridine rings is 1. The molecule has 1 saturated heterocycles. The molecule has 5 heteroatoms. The zero-order valence-electron chi connectivity index (χ0n) is 14.0. The minimum Gasteiger partial charge on any atom is -0.444 e. The summed E-state index contributed by atoms with van der Waals surface area (Å²) in [6.45, 7) is 6.79. The van der Waals surface area contributed by atoms with E-state index in [9.17, 15) is 4.79 Å². The minimum atomic E-state index is -0.479. The van der Waals surface area contributed by atoms with Crippen molar-refractivity contribution in [3.05, 3.63) is 41.7 Å². The standard InChI is InChI=1S/C18H24N2O3/c1-18(2,3)23-17(21)20-15-9-14(10-16(20)12-22-11-15)8-13-4-6-19-7-5-13/h4-7,9,15-16H,8,10-12H2,1-3H3. The lowest BCUT2D eigenvalue weighted by atomic mass is 9.91. The number of hydrogen-bond donors (Lipinski definition) is 0. The van der Waals surface area contributed by atoms with Crippen LogP contribution < -0.4 is 0 Å². The van der Waals surface area contributed by atoms with Gasteiger partial charge in [-0.2, -0.15) is 0 Å². The molecule has 2 aliphatic rings. The molecule has 0 spiro atoms. The number of fused-ring (bicyclic) bond motifs is 2. The highest BCUT2D eigenvalue weighted by molar-refractivity contribution is 5.70. The Morgan fingerprint density at radius 3 is 2.74 bits per heavy atom. The molecule has 124 valence electrons. The Morgan fingerprint density at radius 1 is 1.35 bits per heavy atom. The van der Waals surface area contributed by atoms with Crippen molar-refractivity contribution in [3.63, 3.8) is 0 Å². The van der Waals surface area contributed by atoms with E-state index in [1.807, 2.05) is 50.2 Å². The van der Waals surface area contributed by atoms with E-state index in [0.29, 0.717) is 13.2 Å². The number of carbonyl (C=O) groups excluding carboxylic acids is 1. The largest absolute Gasteiger partial charge is 0.444 e. The predicted octanol–water partition coefficient (Wildman–Crippen LogP) is 2.96. The highest BCUT2D eigenvalue weighted by Crippen LogP contribution is 2.30. The van der Waals surface area contributed by atoms with Gasteiger partial charge in [-0.15, -0.1) is 0 Å². The predicted molar refractivity (Wildman–Crippen MR) is 87.1 cm³/mol. The molecule has 23 heavy (non-hydrogen) atoms. The second kappa shape index (κ2) is 6.32. The van der Waals surface area contributed by atoms with Gasteiger partial charge in [0.05, 0.1) is 25.3 Å². The normalized spacial score (nSPS) is 24.1. The van der Waals surface area contributed by atoms with Crippen molar-refractivity contribution in [1.29, 1.82) is 0 Å². The van der Waals surface area contributed by atoms with E-state index in [0.717, 1.165) is 12.8 Å². The zero-order valence-corrected chi connectivity index (χ0v) is 14.0. The molecule has 0 N–H and O–H groups in total. The van der Waals surface area contributed by atoms with E-state index < -0.39 is 5.60 Å². The van der Waals surface area contributed by atoms with Gasteiger partial charge in [0.15, 0.2) is 0 Å². The Morgan fingerprint density at radius 2 is 2.09 bits per heavy atom. The molecule has 0 radical (unpaired) electrons. The van der Waals surface area contributed by atoms with Crippen molar-refractivity contribution < 1.29 is 14.3 Å². The van der Waals surface area contributed by atoms with Crippen LogP contribution >= 0.6 is 0 Å². The molecule has 2 bridgehead atoms. The van der Waals surface area contributed by atoms with Crippen LogP contribution in [0.5, 0.6) is 0 Å². The third kappa shape index (κ3) is 3.91. The van der Waals surface area contributed by atoms with Crippen LogP contribution in [0.15, 0.2) is 36.2 Å². The van der Waals surface area contributed by atoms with E-state index in [2.05, 4.69) is 11.1 Å². The second-order valence-corrected chi connectivity index (χ2v) is 7.21. The number of carbonyl (C=O) groups is 1. The molecule has 0 aromatic carbocycles. The van der Waals surface area contributed by atoms with E-state index in [-0.39, 0.29) is 18.2 Å². The molecule has 0 saturated carbocycles. The van der Waals surface area contributed by atoms with Crippen molar-refractivity contribution in [2.75, 3.05) is 13.2 Å². The number of morpholine rings is 1. The van der Waals surface area contributed by atoms with E-state index in [1.165, 1.54) is 11.1 Å². The second-order valence-electron chi connectivity index (χ2n) is 7.21. The minimum absolute atomic E-state index is 0.0332. The number of hydrogen-bond acceptors (Lipinski definition) is 4. The first-order chi connectivity index (χ1) is 10.9. The number of amides is 1. The van der Waals surface area contributed by atoms with Gasteiger partial charge >= 0.3 is 6.09 Å². The van der Waals surface area contributed by atoms with Gasteiger partial charge in [-0.05, 0) is 51.3 Å². The topological polar surface area (TPSA) is 51.7 Å². The van der Waals surface area contributed by atoms with Crippen LogP contribution in [0.2, 0.25) is 0 Å². The van der Waals surface area contributed by atoms with E-state index >= 15 is 0 Å². The molecule has 3 heterocycles. The van der Waals surface area contributed by atoms with Crippen LogP contribution in [0.1, 0.15) is 32.8 Å². The molecule has 2 aliphatic heterocycles. The molecule has 1 amide bonds. The first-order valence-corrected chi connectivity index (χ1v) is 8.10. The SMILES string of the molecule is CC(C)(C)OC(=O)N1C2C=C(Cc3ccncc3)CC1COC2. The zero-order chi connectivity index (χ0) is 16.4. The molecule has 5 nitrogen and oxygen atoms in total. The average Bonchev–Trinajstić information content (AvgIpc) is 2.45. The summed E-state index contributed by atoms with van der Waals surface area (Å²) in [6.07, 6.45) is 7.29. The molecule has 3 rings (SSSR count). The lowest BCUT2D eigenvalue weighted by Gasteiger charge is -2.44. The van der Waals surface area contributed by atoms with Crippen LogP contribution in [-0.4, -0.2) is 46.9 Å². The molecule has 0 aliphatic carbocycles. The molecular formula is C18H24N2O3. The fourth-order valence-electron chi connectivity index (χ4n) is 3.18. The number of rotatable bonds is 2. The lowest BCUT2D eigenvalue weighted by molar-refractivity contribution is -0.0536. The first-order valence-electron chi connectivity index (χ1n) is 8.10. The van der Waals surface area contributed by atoms with Crippen molar-refractivity contribution in [2.24, 2.45) is 0 Å². The fourth-order valence-corrected chi connectivity index (χ4v) is 3.18. The quantitative estimate of drug-likeness (QED) is 0.787.